The third kappa shape index (κ3) is 5.09. The van der Waals surface area contributed by atoms with Gasteiger partial charge in [0.1, 0.15) is 17.1 Å². The molecule has 0 radical (unpaired) electrons. The Hall–Kier alpha value is -3.67. The molecule has 0 spiro atoms. The fourth-order valence-electron chi connectivity index (χ4n) is 3.54. The van der Waals surface area contributed by atoms with Gasteiger partial charge in [0, 0.05) is 24.7 Å². The fraction of sp³-hybridized carbons (Fsp3) is 0.240. The van der Waals surface area contributed by atoms with Crippen molar-refractivity contribution in [3.8, 4) is 5.75 Å². The second kappa shape index (κ2) is 9.43. The molecule has 1 N–H and O–H groups in total. The largest absolute Gasteiger partial charge is 0.497 e. The van der Waals surface area contributed by atoms with Crippen molar-refractivity contribution in [2.45, 2.75) is 32.7 Å². The number of pyridine rings is 1. The molecule has 1 amide bonds. The molecule has 0 aliphatic rings. The summed E-state index contributed by atoms with van der Waals surface area (Å²) >= 11 is 0. The van der Waals surface area contributed by atoms with Crippen LogP contribution in [0.4, 0.5) is 5.69 Å². The average Bonchev–Trinajstić information content (AvgIpc) is 3.13. The van der Waals surface area contributed by atoms with Crippen molar-refractivity contribution in [3.63, 3.8) is 0 Å². The number of benzene rings is 2. The highest BCUT2D eigenvalue weighted by molar-refractivity contribution is 5.90. The second-order valence-corrected chi connectivity index (χ2v) is 7.58. The van der Waals surface area contributed by atoms with Crippen LogP contribution in [0.1, 0.15) is 29.8 Å². The van der Waals surface area contributed by atoms with Crippen molar-refractivity contribution in [2.24, 2.45) is 0 Å². The SMILES string of the molecule is COc1ccc(NC(=O)CCCc2nc3cccnc3n2Cc2ccc(C)cc2)cc1. The molecule has 0 fully saturated rings. The van der Waals surface area contributed by atoms with Crippen LogP contribution in [0.3, 0.4) is 0 Å². The monoisotopic (exact) mass is 414 g/mol. The molecule has 2 aromatic carbocycles. The van der Waals surface area contributed by atoms with E-state index in [0.29, 0.717) is 25.8 Å². The van der Waals surface area contributed by atoms with Crippen molar-refractivity contribution in [1.82, 2.24) is 14.5 Å². The van der Waals surface area contributed by atoms with Crippen LogP contribution in [0, 0.1) is 6.92 Å². The molecule has 6 nitrogen and oxygen atoms in total. The van der Waals surface area contributed by atoms with E-state index >= 15 is 0 Å². The molecule has 2 heterocycles. The molecule has 0 saturated carbocycles. The number of carbonyl (C=O) groups is 1. The predicted molar refractivity (Wildman–Crippen MR) is 122 cm³/mol. The minimum absolute atomic E-state index is 0.00973. The number of nitrogens with one attached hydrogen (secondary N) is 1. The first-order chi connectivity index (χ1) is 15.1. The van der Waals surface area contributed by atoms with Crippen LogP contribution in [0.25, 0.3) is 11.2 Å². The summed E-state index contributed by atoms with van der Waals surface area (Å²) in [5, 5.41) is 2.93. The van der Waals surface area contributed by atoms with E-state index in [9.17, 15) is 4.79 Å². The number of imidazole rings is 1. The van der Waals surface area contributed by atoms with Crippen LogP contribution >= 0.6 is 0 Å². The van der Waals surface area contributed by atoms with Crippen molar-refractivity contribution in [3.05, 3.63) is 83.8 Å². The molecule has 0 atom stereocenters. The number of hydrogen-bond acceptors (Lipinski definition) is 4. The first-order valence-corrected chi connectivity index (χ1v) is 10.4. The molecule has 0 saturated heterocycles. The zero-order chi connectivity index (χ0) is 21.6. The maximum Gasteiger partial charge on any atom is 0.224 e. The van der Waals surface area contributed by atoms with Crippen molar-refractivity contribution >= 4 is 22.8 Å². The Morgan fingerprint density at radius 3 is 2.58 bits per heavy atom. The number of aromatic nitrogens is 3. The molecule has 4 aromatic rings. The minimum atomic E-state index is -0.00973. The average molecular weight is 415 g/mol. The van der Waals surface area contributed by atoms with Crippen LogP contribution < -0.4 is 10.1 Å². The topological polar surface area (TPSA) is 69.0 Å². The van der Waals surface area contributed by atoms with Crippen LogP contribution in [0.5, 0.6) is 5.75 Å². The Balaban J connectivity index is 1.42. The first-order valence-electron chi connectivity index (χ1n) is 10.4. The van der Waals surface area contributed by atoms with Crippen molar-refractivity contribution in [2.75, 3.05) is 12.4 Å². The highest BCUT2D eigenvalue weighted by Gasteiger charge is 2.13. The number of carbonyl (C=O) groups excluding carboxylic acids is 1. The lowest BCUT2D eigenvalue weighted by Gasteiger charge is -2.10. The summed E-state index contributed by atoms with van der Waals surface area (Å²) in [4.78, 5) is 21.7. The maximum absolute atomic E-state index is 12.4. The number of methoxy groups -OCH3 is 1. The molecule has 0 bridgehead atoms. The van der Waals surface area contributed by atoms with E-state index in [1.165, 1.54) is 11.1 Å². The van der Waals surface area contributed by atoms with Gasteiger partial charge < -0.3 is 14.6 Å². The smallest absolute Gasteiger partial charge is 0.224 e. The van der Waals surface area contributed by atoms with E-state index < -0.39 is 0 Å². The van der Waals surface area contributed by atoms with Gasteiger partial charge in [-0.15, -0.1) is 0 Å². The molecule has 0 aliphatic carbocycles. The number of aryl methyl sites for hydroxylation is 2. The van der Waals surface area contributed by atoms with Gasteiger partial charge in [-0.25, -0.2) is 9.97 Å². The number of anilines is 1. The van der Waals surface area contributed by atoms with Gasteiger partial charge in [0.05, 0.1) is 13.7 Å². The van der Waals surface area contributed by atoms with Gasteiger partial charge in [0.2, 0.25) is 5.91 Å². The van der Waals surface area contributed by atoms with Crippen LogP contribution in [-0.4, -0.2) is 27.6 Å². The van der Waals surface area contributed by atoms with Gasteiger partial charge in [0.15, 0.2) is 5.65 Å². The molecular formula is C25H26N4O2. The molecule has 0 aliphatic heterocycles. The third-order valence-electron chi connectivity index (χ3n) is 5.22. The molecule has 0 unspecified atom stereocenters. The summed E-state index contributed by atoms with van der Waals surface area (Å²) in [6, 6.07) is 19.7. The fourth-order valence-corrected chi connectivity index (χ4v) is 3.54. The summed E-state index contributed by atoms with van der Waals surface area (Å²) < 4.78 is 7.30. The Morgan fingerprint density at radius 2 is 1.84 bits per heavy atom. The van der Waals surface area contributed by atoms with Crippen LogP contribution in [-0.2, 0) is 17.8 Å². The second-order valence-electron chi connectivity index (χ2n) is 7.58. The summed E-state index contributed by atoms with van der Waals surface area (Å²) in [5.41, 5.74) is 4.96. The Bertz CT molecular complexity index is 1160. The van der Waals surface area contributed by atoms with E-state index in [1.54, 1.807) is 13.3 Å². The number of ether oxygens (including phenoxy) is 1. The lowest BCUT2D eigenvalue weighted by molar-refractivity contribution is -0.116. The molecule has 2 aromatic heterocycles. The maximum atomic E-state index is 12.4. The number of hydrogen-bond donors (Lipinski definition) is 1. The Morgan fingerprint density at radius 1 is 1.06 bits per heavy atom. The first kappa shape index (κ1) is 20.6. The van der Waals surface area contributed by atoms with Crippen molar-refractivity contribution in [1.29, 1.82) is 0 Å². The van der Waals surface area contributed by atoms with E-state index in [1.807, 2.05) is 36.4 Å². The number of amides is 1. The van der Waals surface area contributed by atoms with Crippen molar-refractivity contribution < 1.29 is 9.53 Å². The standard InChI is InChI=1S/C25H26N4O2/c1-18-8-10-19(11-9-18)17-29-23(28-22-5-4-16-26-25(22)29)6-3-7-24(30)27-20-12-14-21(31-2)15-13-20/h4-5,8-16H,3,6-7,17H2,1-2H3,(H,27,30). The molecular weight excluding hydrogens is 388 g/mol. The van der Waals surface area contributed by atoms with E-state index in [2.05, 4.69) is 46.1 Å². The van der Waals surface area contributed by atoms with E-state index in [0.717, 1.165) is 28.4 Å². The van der Waals surface area contributed by atoms with Crippen LogP contribution in [0.2, 0.25) is 0 Å². The zero-order valence-corrected chi connectivity index (χ0v) is 17.8. The van der Waals surface area contributed by atoms with E-state index in [-0.39, 0.29) is 5.91 Å². The minimum Gasteiger partial charge on any atom is -0.497 e. The summed E-state index contributed by atoms with van der Waals surface area (Å²) in [7, 11) is 1.62. The molecule has 31 heavy (non-hydrogen) atoms. The highest BCUT2D eigenvalue weighted by Crippen LogP contribution is 2.19. The van der Waals surface area contributed by atoms with Gasteiger partial charge in [-0.3, -0.25) is 4.79 Å². The Kier molecular flexibility index (Phi) is 6.26. The zero-order valence-electron chi connectivity index (χ0n) is 17.8. The predicted octanol–water partition coefficient (Wildman–Crippen LogP) is 4.76. The van der Waals surface area contributed by atoms with Gasteiger partial charge in [0.25, 0.3) is 0 Å². The summed E-state index contributed by atoms with van der Waals surface area (Å²) in [5.74, 6) is 1.70. The lowest BCUT2D eigenvalue weighted by Crippen LogP contribution is -2.12. The molecule has 158 valence electrons. The van der Waals surface area contributed by atoms with E-state index in [4.69, 9.17) is 9.72 Å². The van der Waals surface area contributed by atoms with Gasteiger partial charge in [-0.05, 0) is 55.3 Å². The number of rotatable bonds is 8. The normalized spacial score (nSPS) is 10.9. The van der Waals surface area contributed by atoms with Gasteiger partial charge in [-0.2, -0.15) is 0 Å². The van der Waals surface area contributed by atoms with Crippen LogP contribution in [0.15, 0.2) is 66.9 Å². The van der Waals surface area contributed by atoms with Gasteiger partial charge in [-0.1, -0.05) is 29.8 Å². The quantitative estimate of drug-likeness (QED) is 0.451. The Labute approximate surface area is 181 Å². The number of nitrogens with zero attached hydrogens (tertiary/aromatic N) is 3. The lowest BCUT2D eigenvalue weighted by atomic mass is 10.1. The van der Waals surface area contributed by atoms with Gasteiger partial charge >= 0.3 is 0 Å². The summed E-state index contributed by atoms with van der Waals surface area (Å²) in [6.07, 6.45) is 3.63. The molecule has 4 rings (SSSR count). The summed E-state index contributed by atoms with van der Waals surface area (Å²) in [6.45, 7) is 2.79. The number of fused-ring (bicyclic) bond motifs is 1. The molecule has 6 heteroatoms. The highest BCUT2D eigenvalue weighted by atomic mass is 16.5. The third-order valence-corrected chi connectivity index (χ3v) is 5.22.